The summed E-state index contributed by atoms with van der Waals surface area (Å²) in [6, 6.07) is -9.03. The fourth-order valence-corrected chi connectivity index (χ4v) is 5.72. The van der Waals surface area contributed by atoms with Crippen molar-refractivity contribution in [2.45, 2.75) is 115 Å². The zero-order valence-electron chi connectivity index (χ0n) is 32.0. The third kappa shape index (κ3) is 16.9. The molecule has 7 atom stereocenters. The topological polar surface area (TPSA) is 345 Å². The number of nitrogens with two attached hydrogens (primary N) is 2. The normalized spacial score (nSPS) is 17.3. The van der Waals surface area contributed by atoms with Crippen LogP contribution < -0.4 is 43.4 Å². The van der Waals surface area contributed by atoms with Crippen molar-refractivity contribution in [1.29, 1.82) is 0 Å². The standard InChI is InChI=1S/C34H61N9O12/c1-18(2)12-22(31(51)38-21(8-5-6-10-35)30(50)40-23(34(54)55)13-19(3)4)39-32(52)25(17-46)42-33(53)26-9-7-11-43(26)27(47)14-37-29(49)24(16-45)41-28(48)20(36)15-44/h18-26,44-46H,5-17,35-36H2,1-4H3,(H,37,49)(H,38,51)(H,39,52)(H,40,50)(H,41,48)(H,42,53)(H,54,55). The van der Waals surface area contributed by atoms with Gasteiger partial charge in [-0.2, -0.15) is 0 Å². The maximum absolute atomic E-state index is 13.6. The van der Waals surface area contributed by atoms with Crippen LogP contribution in [0.25, 0.3) is 0 Å². The number of carbonyl (C=O) groups excluding carboxylic acids is 7. The average Bonchev–Trinajstić information content (AvgIpc) is 3.63. The lowest BCUT2D eigenvalue weighted by Gasteiger charge is -2.28. The summed E-state index contributed by atoms with van der Waals surface area (Å²) in [5.41, 5.74) is 11.0. The third-order valence-corrected chi connectivity index (χ3v) is 8.70. The van der Waals surface area contributed by atoms with Gasteiger partial charge in [0, 0.05) is 6.54 Å². The number of rotatable bonds is 25. The van der Waals surface area contributed by atoms with E-state index in [0.29, 0.717) is 25.8 Å². The van der Waals surface area contributed by atoms with Crippen LogP contribution in [-0.4, -0.2) is 154 Å². The number of unbranched alkanes of at least 4 members (excludes halogenated alkanes) is 1. The van der Waals surface area contributed by atoms with E-state index in [2.05, 4.69) is 31.9 Å². The second-order valence-corrected chi connectivity index (χ2v) is 14.3. The Labute approximate surface area is 320 Å². The van der Waals surface area contributed by atoms with Crippen molar-refractivity contribution in [2.75, 3.05) is 39.5 Å². The van der Waals surface area contributed by atoms with E-state index in [4.69, 9.17) is 16.6 Å². The number of hydrogen-bond acceptors (Lipinski definition) is 13. The Kier molecular flexibility index (Phi) is 22.0. The zero-order chi connectivity index (χ0) is 41.8. The number of aliphatic carboxylic acids is 1. The maximum Gasteiger partial charge on any atom is 0.326 e. The van der Waals surface area contributed by atoms with Crippen LogP contribution in [0.3, 0.4) is 0 Å². The molecule has 0 aromatic rings. The molecule has 21 heteroatoms. The lowest BCUT2D eigenvalue weighted by molar-refractivity contribution is -0.143. The fourth-order valence-electron chi connectivity index (χ4n) is 5.72. The van der Waals surface area contributed by atoms with Gasteiger partial charge in [-0.1, -0.05) is 27.7 Å². The van der Waals surface area contributed by atoms with Crippen LogP contribution in [0.4, 0.5) is 0 Å². The van der Waals surface area contributed by atoms with Gasteiger partial charge in [-0.25, -0.2) is 4.79 Å². The quantitative estimate of drug-likeness (QED) is 0.0386. The Balaban J connectivity index is 3.01. The second kappa shape index (κ2) is 24.9. The lowest BCUT2D eigenvalue weighted by atomic mass is 10.0. The molecular weight excluding hydrogens is 726 g/mol. The summed E-state index contributed by atoms with van der Waals surface area (Å²) >= 11 is 0. The minimum Gasteiger partial charge on any atom is -0.480 e. The smallest absolute Gasteiger partial charge is 0.326 e. The number of aliphatic hydroxyl groups excluding tert-OH is 3. The van der Waals surface area contributed by atoms with Crippen molar-refractivity contribution < 1.29 is 58.8 Å². The number of carboxylic acids is 1. The minimum atomic E-state index is -1.55. The molecule has 0 aromatic carbocycles. The van der Waals surface area contributed by atoms with Gasteiger partial charge < -0.3 is 68.7 Å². The maximum atomic E-state index is 13.6. The van der Waals surface area contributed by atoms with Gasteiger partial charge in [-0.15, -0.1) is 0 Å². The van der Waals surface area contributed by atoms with Crippen molar-refractivity contribution in [3.8, 4) is 0 Å². The van der Waals surface area contributed by atoms with Crippen molar-refractivity contribution in [1.82, 2.24) is 36.8 Å². The highest BCUT2D eigenvalue weighted by atomic mass is 16.4. The van der Waals surface area contributed by atoms with E-state index in [1.807, 2.05) is 0 Å². The molecule has 0 bridgehead atoms. The second-order valence-electron chi connectivity index (χ2n) is 14.3. The summed E-state index contributed by atoms with van der Waals surface area (Å²) in [4.78, 5) is 104. The number of aliphatic hydroxyl groups is 3. The fraction of sp³-hybridized carbons (Fsp3) is 0.765. The summed E-state index contributed by atoms with van der Waals surface area (Å²) in [5.74, 6) is -7.13. The molecule has 0 radical (unpaired) electrons. The molecule has 1 fully saturated rings. The molecule has 55 heavy (non-hydrogen) atoms. The number of likely N-dealkylation sites (tertiary alicyclic amines) is 1. The molecular formula is C34H61N9O12. The SMILES string of the molecule is CC(C)CC(NC(=O)C(CCCCN)NC(=O)C(CC(C)C)NC(=O)C(CO)NC(=O)C1CCCN1C(=O)CNC(=O)C(CO)NC(=O)C(N)CO)C(=O)O. The van der Waals surface area contributed by atoms with E-state index in [9.17, 15) is 53.7 Å². The molecule has 0 aliphatic carbocycles. The highest BCUT2D eigenvalue weighted by Gasteiger charge is 2.37. The highest BCUT2D eigenvalue weighted by Crippen LogP contribution is 2.18. The van der Waals surface area contributed by atoms with E-state index >= 15 is 0 Å². The predicted molar refractivity (Wildman–Crippen MR) is 196 cm³/mol. The molecule has 0 spiro atoms. The monoisotopic (exact) mass is 787 g/mol. The van der Waals surface area contributed by atoms with Crippen molar-refractivity contribution in [3.63, 3.8) is 0 Å². The molecule has 1 saturated heterocycles. The molecule has 7 amide bonds. The van der Waals surface area contributed by atoms with E-state index < -0.39 is 116 Å². The summed E-state index contributed by atoms with van der Waals surface area (Å²) in [6.45, 7) is 4.58. The Bertz CT molecular complexity index is 1320. The van der Waals surface area contributed by atoms with Crippen LogP contribution in [0.2, 0.25) is 0 Å². The number of carbonyl (C=O) groups is 8. The summed E-state index contributed by atoms with van der Waals surface area (Å²) in [7, 11) is 0. The largest absolute Gasteiger partial charge is 0.480 e. The van der Waals surface area contributed by atoms with E-state index in [-0.39, 0.29) is 44.1 Å². The molecule has 1 heterocycles. The van der Waals surface area contributed by atoms with E-state index in [1.54, 1.807) is 27.7 Å². The van der Waals surface area contributed by atoms with Crippen molar-refractivity contribution in [3.05, 3.63) is 0 Å². The van der Waals surface area contributed by atoms with Gasteiger partial charge >= 0.3 is 5.97 Å². The minimum absolute atomic E-state index is 0.0475. The Morgan fingerprint density at radius 1 is 0.673 bits per heavy atom. The molecule has 7 unspecified atom stereocenters. The average molecular weight is 788 g/mol. The van der Waals surface area contributed by atoms with Crippen molar-refractivity contribution in [2.24, 2.45) is 23.3 Å². The summed E-state index contributed by atoms with van der Waals surface area (Å²) in [5, 5.41) is 52.6. The first-order valence-corrected chi connectivity index (χ1v) is 18.5. The molecule has 14 N–H and O–H groups in total. The van der Waals surface area contributed by atoms with Crippen LogP contribution in [0.15, 0.2) is 0 Å². The van der Waals surface area contributed by atoms with Crippen LogP contribution in [0, 0.1) is 11.8 Å². The number of nitrogens with zero attached hydrogens (tertiary/aromatic N) is 1. The molecule has 21 nitrogen and oxygen atoms in total. The first-order chi connectivity index (χ1) is 25.9. The van der Waals surface area contributed by atoms with Gasteiger partial charge in [-0.3, -0.25) is 33.6 Å². The molecule has 0 aromatic heterocycles. The van der Waals surface area contributed by atoms with Gasteiger partial charge in [0.05, 0.1) is 26.4 Å². The number of nitrogens with one attached hydrogen (secondary N) is 6. The predicted octanol–water partition coefficient (Wildman–Crippen LogP) is -4.87. The van der Waals surface area contributed by atoms with Gasteiger partial charge in [-0.05, 0) is 63.3 Å². The van der Waals surface area contributed by atoms with Crippen LogP contribution in [0.1, 0.15) is 72.6 Å². The highest BCUT2D eigenvalue weighted by molar-refractivity contribution is 5.97. The zero-order valence-corrected chi connectivity index (χ0v) is 32.0. The number of hydrogen-bond donors (Lipinski definition) is 12. The van der Waals surface area contributed by atoms with Crippen LogP contribution >= 0.6 is 0 Å². The van der Waals surface area contributed by atoms with Crippen LogP contribution in [0.5, 0.6) is 0 Å². The van der Waals surface area contributed by atoms with Crippen LogP contribution in [-0.2, 0) is 38.4 Å². The Hall–Kier alpha value is -4.44. The van der Waals surface area contributed by atoms with Crippen molar-refractivity contribution >= 4 is 47.3 Å². The van der Waals surface area contributed by atoms with Gasteiger partial charge in [0.25, 0.3) is 0 Å². The molecule has 1 rings (SSSR count). The molecule has 0 saturated carbocycles. The molecule has 314 valence electrons. The van der Waals surface area contributed by atoms with Gasteiger partial charge in [0.1, 0.15) is 42.3 Å². The lowest BCUT2D eigenvalue weighted by Crippen LogP contribution is -2.60. The van der Waals surface area contributed by atoms with E-state index in [1.165, 1.54) is 0 Å². The molecule has 1 aliphatic rings. The van der Waals surface area contributed by atoms with E-state index in [0.717, 1.165) is 4.90 Å². The molecule has 1 aliphatic heterocycles. The first-order valence-electron chi connectivity index (χ1n) is 18.5. The Morgan fingerprint density at radius 3 is 1.73 bits per heavy atom. The third-order valence-electron chi connectivity index (χ3n) is 8.70. The summed E-state index contributed by atoms with van der Waals surface area (Å²) < 4.78 is 0. The van der Waals surface area contributed by atoms with Gasteiger partial charge in [0.2, 0.25) is 41.4 Å². The summed E-state index contributed by atoms with van der Waals surface area (Å²) in [6.07, 6.45) is 1.93. The number of carboxylic acid groups (broad SMARTS) is 1. The number of amides is 7. The van der Waals surface area contributed by atoms with Gasteiger partial charge in [0.15, 0.2) is 0 Å². The Morgan fingerprint density at radius 2 is 1.18 bits per heavy atom. The first kappa shape index (κ1) is 48.6.